The van der Waals surface area contributed by atoms with Gasteiger partial charge in [-0.2, -0.15) is 0 Å². The number of pyridine rings is 1. The molecule has 0 aliphatic carbocycles. The van der Waals surface area contributed by atoms with Gasteiger partial charge >= 0.3 is 6.36 Å². The molecule has 0 aliphatic heterocycles. The van der Waals surface area contributed by atoms with Gasteiger partial charge in [0.05, 0.1) is 13.3 Å². The number of halogens is 3. The van der Waals surface area contributed by atoms with Gasteiger partial charge < -0.3 is 9.47 Å². The second kappa shape index (κ2) is 4.61. The number of rotatable bonds is 3. The number of primary sulfonamides is 1. The molecule has 0 fully saturated rings. The summed E-state index contributed by atoms with van der Waals surface area (Å²) >= 11 is 0. The Morgan fingerprint density at radius 2 is 1.94 bits per heavy atom. The molecule has 102 valence electrons. The van der Waals surface area contributed by atoms with E-state index in [9.17, 15) is 21.6 Å². The second-order valence-corrected chi connectivity index (χ2v) is 4.71. The van der Waals surface area contributed by atoms with Gasteiger partial charge in [-0.25, -0.2) is 18.5 Å². The van der Waals surface area contributed by atoms with Crippen LogP contribution in [0.3, 0.4) is 0 Å². The van der Waals surface area contributed by atoms with E-state index in [1.165, 1.54) is 0 Å². The van der Waals surface area contributed by atoms with E-state index in [2.05, 4.69) is 14.5 Å². The number of nitrogens with two attached hydrogens (primary N) is 1. The zero-order valence-corrected chi connectivity index (χ0v) is 10.1. The standard InChI is InChI=1S/C8H9F3N2O4S/c1-4-5(18(12,14)15)3-13-7(16-2)6(4)17-8(9,10)11/h3H,1-2H3,(H2,12,14,15). The molecule has 1 rings (SSSR count). The molecule has 0 unspecified atom stereocenters. The molecule has 0 amide bonds. The first-order valence-electron chi connectivity index (χ1n) is 4.38. The van der Waals surface area contributed by atoms with Gasteiger partial charge in [0.1, 0.15) is 4.90 Å². The van der Waals surface area contributed by atoms with Crippen LogP contribution in [0.5, 0.6) is 11.6 Å². The summed E-state index contributed by atoms with van der Waals surface area (Å²) in [6.07, 6.45) is -4.20. The van der Waals surface area contributed by atoms with E-state index in [-0.39, 0.29) is 5.56 Å². The Hall–Kier alpha value is -1.55. The third kappa shape index (κ3) is 3.23. The largest absolute Gasteiger partial charge is 0.573 e. The van der Waals surface area contributed by atoms with Gasteiger partial charge in [0.15, 0.2) is 5.75 Å². The van der Waals surface area contributed by atoms with Crippen LogP contribution in [0.1, 0.15) is 5.56 Å². The molecule has 0 atom stereocenters. The van der Waals surface area contributed by atoms with Crippen molar-refractivity contribution in [3.63, 3.8) is 0 Å². The Bertz CT molecular complexity index is 556. The van der Waals surface area contributed by atoms with Crippen molar-refractivity contribution in [2.24, 2.45) is 5.14 Å². The van der Waals surface area contributed by atoms with E-state index >= 15 is 0 Å². The zero-order valence-electron chi connectivity index (χ0n) is 9.28. The summed E-state index contributed by atoms with van der Waals surface area (Å²) in [6.45, 7) is 1.10. The van der Waals surface area contributed by atoms with Crippen molar-refractivity contribution in [2.75, 3.05) is 7.11 Å². The highest BCUT2D eigenvalue weighted by molar-refractivity contribution is 7.89. The fourth-order valence-electron chi connectivity index (χ4n) is 1.21. The minimum absolute atomic E-state index is 0.332. The van der Waals surface area contributed by atoms with Crippen molar-refractivity contribution < 1.29 is 31.1 Å². The Kier molecular flexibility index (Phi) is 3.72. The maximum atomic E-state index is 12.2. The lowest BCUT2D eigenvalue weighted by Gasteiger charge is -2.15. The van der Waals surface area contributed by atoms with E-state index in [0.29, 0.717) is 0 Å². The highest BCUT2D eigenvalue weighted by Gasteiger charge is 2.35. The summed E-state index contributed by atoms with van der Waals surface area (Å²) in [4.78, 5) is 2.84. The topological polar surface area (TPSA) is 91.5 Å². The van der Waals surface area contributed by atoms with Gasteiger partial charge in [-0.1, -0.05) is 0 Å². The Balaban J connectivity index is 3.46. The van der Waals surface area contributed by atoms with Crippen LogP contribution < -0.4 is 14.6 Å². The molecule has 6 nitrogen and oxygen atoms in total. The molecule has 0 aliphatic rings. The summed E-state index contributed by atoms with van der Waals surface area (Å²) in [6, 6.07) is 0. The Morgan fingerprint density at radius 1 is 1.39 bits per heavy atom. The lowest BCUT2D eigenvalue weighted by molar-refractivity contribution is -0.275. The predicted octanol–water partition coefficient (Wildman–Crippen LogP) is 0.945. The quantitative estimate of drug-likeness (QED) is 0.893. The number of hydrogen-bond donors (Lipinski definition) is 1. The maximum Gasteiger partial charge on any atom is 0.573 e. The Morgan fingerprint density at radius 3 is 2.33 bits per heavy atom. The molecule has 1 heterocycles. The zero-order chi connectivity index (χ0) is 14.1. The van der Waals surface area contributed by atoms with E-state index in [0.717, 1.165) is 20.2 Å². The molecule has 0 saturated carbocycles. The van der Waals surface area contributed by atoms with E-state index < -0.39 is 32.9 Å². The van der Waals surface area contributed by atoms with Gasteiger partial charge in [0, 0.05) is 5.56 Å². The van der Waals surface area contributed by atoms with Crippen molar-refractivity contribution in [3.05, 3.63) is 11.8 Å². The predicted molar refractivity (Wildman–Crippen MR) is 53.6 cm³/mol. The van der Waals surface area contributed by atoms with Crippen molar-refractivity contribution in [2.45, 2.75) is 18.2 Å². The minimum Gasteiger partial charge on any atom is -0.478 e. The van der Waals surface area contributed by atoms with Crippen LogP contribution in [0.15, 0.2) is 11.1 Å². The first-order chi connectivity index (χ1) is 8.06. The van der Waals surface area contributed by atoms with Crippen LogP contribution in [0.25, 0.3) is 0 Å². The third-order valence-corrected chi connectivity index (χ3v) is 2.95. The first-order valence-corrected chi connectivity index (χ1v) is 5.93. The summed E-state index contributed by atoms with van der Waals surface area (Å²) in [5, 5.41) is 4.84. The number of nitrogens with zero attached hydrogens (tertiary/aromatic N) is 1. The molecule has 0 saturated heterocycles. The van der Waals surface area contributed by atoms with Crippen molar-refractivity contribution in [1.82, 2.24) is 4.98 Å². The van der Waals surface area contributed by atoms with Gasteiger partial charge in [-0.3, -0.25) is 0 Å². The lowest BCUT2D eigenvalue weighted by Crippen LogP contribution is -2.21. The number of aromatic nitrogens is 1. The average Bonchev–Trinajstić information content (AvgIpc) is 2.17. The molecule has 0 aromatic carbocycles. The van der Waals surface area contributed by atoms with Gasteiger partial charge in [0.25, 0.3) is 5.88 Å². The van der Waals surface area contributed by atoms with Crippen LogP contribution in [0.4, 0.5) is 13.2 Å². The number of alkyl halides is 3. The second-order valence-electron chi connectivity index (χ2n) is 3.18. The van der Waals surface area contributed by atoms with Gasteiger partial charge in [-0.05, 0) is 6.92 Å². The van der Waals surface area contributed by atoms with E-state index in [1.807, 2.05) is 0 Å². The van der Waals surface area contributed by atoms with E-state index in [4.69, 9.17) is 5.14 Å². The SMILES string of the molecule is COc1ncc(S(N)(=O)=O)c(C)c1OC(F)(F)F. The summed E-state index contributed by atoms with van der Waals surface area (Å²) < 4.78 is 67.1. The fourth-order valence-corrected chi connectivity index (χ4v) is 1.93. The van der Waals surface area contributed by atoms with Gasteiger partial charge in [0.2, 0.25) is 10.0 Å². The van der Waals surface area contributed by atoms with Crippen LogP contribution >= 0.6 is 0 Å². The van der Waals surface area contributed by atoms with Crippen molar-refractivity contribution in [1.29, 1.82) is 0 Å². The lowest BCUT2D eigenvalue weighted by atomic mass is 10.3. The highest BCUT2D eigenvalue weighted by atomic mass is 32.2. The fraction of sp³-hybridized carbons (Fsp3) is 0.375. The maximum absolute atomic E-state index is 12.2. The molecule has 0 bridgehead atoms. The van der Waals surface area contributed by atoms with Crippen LogP contribution in [-0.2, 0) is 10.0 Å². The van der Waals surface area contributed by atoms with Gasteiger partial charge in [-0.15, -0.1) is 13.2 Å². The third-order valence-electron chi connectivity index (χ3n) is 1.92. The molecule has 0 radical (unpaired) electrons. The number of methoxy groups -OCH3 is 1. The molecule has 0 spiro atoms. The average molecular weight is 286 g/mol. The number of ether oxygens (including phenoxy) is 2. The molecule has 1 aromatic rings. The summed E-state index contributed by atoms with van der Waals surface area (Å²) in [5.41, 5.74) is -0.332. The van der Waals surface area contributed by atoms with Crippen LogP contribution in [0.2, 0.25) is 0 Å². The van der Waals surface area contributed by atoms with E-state index in [1.54, 1.807) is 0 Å². The summed E-state index contributed by atoms with van der Waals surface area (Å²) in [7, 11) is -3.13. The number of sulfonamides is 1. The molecule has 10 heteroatoms. The highest BCUT2D eigenvalue weighted by Crippen LogP contribution is 2.36. The summed E-state index contributed by atoms with van der Waals surface area (Å²) in [5.74, 6) is -1.33. The Labute approximate surface area is 101 Å². The van der Waals surface area contributed by atoms with Crippen molar-refractivity contribution in [3.8, 4) is 11.6 Å². The molecule has 1 aromatic heterocycles. The molecule has 2 N–H and O–H groups in total. The smallest absolute Gasteiger partial charge is 0.478 e. The minimum atomic E-state index is -5.00. The first kappa shape index (κ1) is 14.5. The molecular formula is C8H9F3N2O4S. The van der Waals surface area contributed by atoms with Crippen molar-refractivity contribution >= 4 is 10.0 Å². The van der Waals surface area contributed by atoms with Crippen LogP contribution in [-0.4, -0.2) is 26.9 Å². The molecular weight excluding hydrogens is 277 g/mol. The number of hydrogen-bond acceptors (Lipinski definition) is 5. The normalized spacial score (nSPS) is 12.3. The monoisotopic (exact) mass is 286 g/mol. The van der Waals surface area contributed by atoms with Crippen LogP contribution in [0, 0.1) is 6.92 Å². The molecule has 18 heavy (non-hydrogen) atoms.